The van der Waals surface area contributed by atoms with Crippen LogP contribution in [0.25, 0.3) is 10.9 Å². The molecule has 4 heteroatoms. The fraction of sp³-hybridized carbons (Fsp3) is 0.500. The van der Waals surface area contributed by atoms with Gasteiger partial charge in [-0.05, 0) is 31.9 Å². The number of aromatic nitrogens is 1. The smallest absolute Gasteiger partial charge is 0.0483 e. The van der Waals surface area contributed by atoms with E-state index < -0.39 is 10.8 Å². The molecule has 0 fully saturated rings. The molecular weight excluding hydrogens is 268 g/mol. The van der Waals surface area contributed by atoms with Crippen molar-refractivity contribution < 1.29 is 4.21 Å². The number of fused-ring (bicyclic) bond motifs is 1. The van der Waals surface area contributed by atoms with Gasteiger partial charge in [0.2, 0.25) is 0 Å². The fourth-order valence-corrected chi connectivity index (χ4v) is 3.29. The first-order valence-corrected chi connectivity index (χ1v) is 8.79. The zero-order valence-corrected chi connectivity index (χ0v) is 13.6. The molecule has 2 rings (SSSR count). The first kappa shape index (κ1) is 15.3. The predicted octanol–water partition coefficient (Wildman–Crippen LogP) is 2.73. The van der Waals surface area contributed by atoms with Gasteiger partial charge in [-0.1, -0.05) is 18.2 Å². The summed E-state index contributed by atoms with van der Waals surface area (Å²) in [4.78, 5) is 0. The number of nitrogens with zero attached hydrogens (tertiary/aromatic N) is 1. The van der Waals surface area contributed by atoms with Crippen molar-refractivity contribution >= 4 is 21.7 Å². The van der Waals surface area contributed by atoms with Crippen LogP contribution < -0.4 is 5.32 Å². The lowest BCUT2D eigenvalue weighted by atomic mass is 10.1. The number of benzene rings is 1. The third-order valence-corrected chi connectivity index (χ3v) is 4.77. The molecule has 2 aromatic rings. The van der Waals surface area contributed by atoms with E-state index >= 15 is 0 Å². The molecule has 2 unspecified atom stereocenters. The van der Waals surface area contributed by atoms with E-state index in [1.165, 1.54) is 22.2 Å². The Morgan fingerprint density at radius 2 is 2.05 bits per heavy atom. The van der Waals surface area contributed by atoms with Gasteiger partial charge in [0.05, 0.1) is 0 Å². The van der Waals surface area contributed by atoms with E-state index in [2.05, 4.69) is 55.0 Å². The second-order valence-electron chi connectivity index (χ2n) is 5.50. The molecule has 1 N–H and O–H groups in total. The van der Waals surface area contributed by atoms with E-state index in [1.54, 1.807) is 6.26 Å². The minimum absolute atomic E-state index is 0.385. The van der Waals surface area contributed by atoms with Crippen LogP contribution in [0.2, 0.25) is 0 Å². The van der Waals surface area contributed by atoms with Crippen molar-refractivity contribution in [3.05, 3.63) is 35.5 Å². The molecule has 0 saturated heterocycles. The number of hydrogen-bond donors (Lipinski definition) is 1. The Bertz CT molecular complexity index is 579. The van der Waals surface area contributed by atoms with Gasteiger partial charge >= 0.3 is 0 Å². The standard InChI is InChI=1S/C16H24N2OS/c1-12(9-10-20(4)19)17-11-16-13(2)14-7-5-6-8-15(14)18(16)3/h5-8,12,17H,9-11H2,1-4H3. The Morgan fingerprint density at radius 1 is 1.35 bits per heavy atom. The van der Waals surface area contributed by atoms with Crippen LogP contribution in [0.3, 0.4) is 0 Å². The number of para-hydroxylation sites is 1. The minimum atomic E-state index is -0.701. The normalized spacial score (nSPS) is 14.6. The first-order valence-electron chi connectivity index (χ1n) is 7.07. The van der Waals surface area contributed by atoms with E-state index in [0.29, 0.717) is 6.04 Å². The molecule has 20 heavy (non-hydrogen) atoms. The number of aryl methyl sites for hydroxylation is 2. The Morgan fingerprint density at radius 3 is 2.70 bits per heavy atom. The third-order valence-electron chi connectivity index (χ3n) is 3.96. The lowest BCUT2D eigenvalue weighted by Crippen LogP contribution is -2.28. The molecule has 3 nitrogen and oxygen atoms in total. The van der Waals surface area contributed by atoms with Crippen LogP contribution >= 0.6 is 0 Å². The average Bonchev–Trinajstić information content (AvgIpc) is 2.67. The topological polar surface area (TPSA) is 34.0 Å². The van der Waals surface area contributed by atoms with Crippen LogP contribution in [0.1, 0.15) is 24.6 Å². The molecule has 0 aliphatic rings. The molecular formula is C16H24N2OS. The van der Waals surface area contributed by atoms with Crippen molar-refractivity contribution in [3.63, 3.8) is 0 Å². The summed E-state index contributed by atoms with van der Waals surface area (Å²) in [5.41, 5.74) is 3.96. The summed E-state index contributed by atoms with van der Waals surface area (Å²) in [6.07, 6.45) is 2.72. The van der Waals surface area contributed by atoms with Gasteiger partial charge in [0, 0.05) is 59.0 Å². The molecule has 110 valence electrons. The summed E-state index contributed by atoms with van der Waals surface area (Å²) in [6.45, 7) is 5.20. The maximum absolute atomic E-state index is 11.1. The molecule has 0 aliphatic carbocycles. The van der Waals surface area contributed by atoms with Gasteiger partial charge in [0.15, 0.2) is 0 Å². The summed E-state index contributed by atoms with van der Waals surface area (Å²) < 4.78 is 13.4. The van der Waals surface area contributed by atoms with E-state index in [1.807, 2.05) is 0 Å². The predicted molar refractivity (Wildman–Crippen MR) is 87.5 cm³/mol. The van der Waals surface area contributed by atoms with Crippen molar-refractivity contribution in [3.8, 4) is 0 Å². The molecule has 1 heterocycles. The highest BCUT2D eigenvalue weighted by atomic mass is 32.2. The van der Waals surface area contributed by atoms with Gasteiger partial charge in [0.25, 0.3) is 0 Å². The largest absolute Gasteiger partial charge is 0.346 e. The summed E-state index contributed by atoms with van der Waals surface area (Å²) >= 11 is 0. The van der Waals surface area contributed by atoms with Gasteiger partial charge in [-0.25, -0.2) is 0 Å². The third kappa shape index (κ3) is 3.30. The summed E-state index contributed by atoms with van der Waals surface area (Å²) in [5, 5.41) is 4.87. The van der Waals surface area contributed by atoms with Crippen LogP contribution in [0.5, 0.6) is 0 Å². The van der Waals surface area contributed by atoms with Crippen LogP contribution in [0.15, 0.2) is 24.3 Å². The molecule has 0 aliphatic heterocycles. The van der Waals surface area contributed by atoms with Crippen molar-refractivity contribution in [2.24, 2.45) is 7.05 Å². The monoisotopic (exact) mass is 292 g/mol. The van der Waals surface area contributed by atoms with Gasteiger partial charge in [-0.15, -0.1) is 0 Å². The average molecular weight is 292 g/mol. The van der Waals surface area contributed by atoms with Gasteiger partial charge in [-0.3, -0.25) is 4.21 Å². The number of nitrogens with one attached hydrogen (secondary N) is 1. The summed E-state index contributed by atoms with van der Waals surface area (Å²) in [7, 11) is 1.42. The second kappa shape index (κ2) is 6.55. The summed E-state index contributed by atoms with van der Waals surface area (Å²) in [6, 6.07) is 8.90. The Kier molecular flexibility index (Phi) is 5.00. The highest BCUT2D eigenvalue weighted by Crippen LogP contribution is 2.24. The van der Waals surface area contributed by atoms with E-state index in [4.69, 9.17) is 0 Å². The second-order valence-corrected chi connectivity index (χ2v) is 7.05. The van der Waals surface area contributed by atoms with Gasteiger partial charge in [0.1, 0.15) is 0 Å². The lowest BCUT2D eigenvalue weighted by molar-refractivity contribution is 0.523. The molecule has 0 saturated carbocycles. The molecule has 1 aromatic heterocycles. The number of rotatable bonds is 6. The van der Waals surface area contributed by atoms with Crippen LogP contribution in [0, 0.1) is 6.92 Å². The fourth-order valence-electron chi connectivity index (χ4n) is 2.60. The molecule has 0 bridgehead atoms. The maximum atomic E-state index is 11.1. The molecule has 0 radical (unpaired) electrons. The molecule has 0 spiro atoms. The van der Waals surface area contributed by atoms with Gasteiger partial charge < -0.3 is 9.88 Å². The zero-order chi connectivity index (χ0) is 14.7. The maximum Gasteiger partial charge on any atom is 0.0483 e. The Labute approximate surface area is 123 Å². The van der Waals surface area contributed by atoms with Crippen LogP contribution in [0.4, 0.5) is 0 Å². The van der Waals surface area contributed by atoms with Crippen molar-refractivity contribution in [2.45, 2.75) is 32.9 Å². The lowest BCUT2D eigenvalue weighted by Gasteiger charge is -2.14. The quantitative estimate of drug-likeness (QED) is 0.888. The molecule has 2 atom stereocenters. The van der Waals surface area contributed by atoms with Crippen LogP contribution in [-0.2, 0) is 24.4 Å². The van der Waals surface area contributed by atoms with E-state index in [0.717, 1.165) is 18.7 Å². The highest BCUT2D eigenvalue weighted by Gasteiger charge is 2.12. The Hall–Kier alpha value is -1.13. The van der Waals surface area contributed by atoms with Gasteiger partial charge in [-0.2, -0.15) is 0 Å². The summed E-state index contributed by atoms with van der Waals surface area (Å²) in [5.74, 6) is 0.766. The van der Waals surface area contributed by atoms with Crippen molar-refractivity contribution in [1.29, 1.82) is 0 Å². The molecule has 0 amide bonds. The molecule has 1 aromatic carbocycles. The SMILES string of the molecule is Cc1c(CNC(C)CCS(C)=O)n(C)c2ccccc12. The highest BCUT2D eigenvalue weighted by molar-refractivity contribution is 7.84. The van der Waals surface area contributed by atoms with Crippen molar-refractivity contribution in [1.82, 2.24) is 9.88 Å². The van der Waals surface area contributed by atoms with E-state index in [-0.39, 0.29) is 0 Å². The zero-order valence-electron chi connectivity index (χ0n) is 12.8. The van der Waals surface area contributed by atoms with Crippen LogP contribution in [-0.4, -0.2) is 26.8 Å². The minimum Gasteiger partial charge on any atom is -0.346 e. The number of hydrogen-bond acceptors (Lipinski definition) is 2. The van der Waals surface area contributed by atoms with Crippen molar-refractivity contribution in [2.75, 3.05) is 12.0 Å². The Balaban J connectivity index is 2.08. The first-order chi connectivity index (χ1) is 9.50. The van der Waals surface area contributed by atoms with E-state index in [9.17, 15) is 4.21 Å².